The molecule has 1 nitrogen and oxygen atoms in total. The smallest absolute Gasteiger partial charge is 0.00448 e. The zero-order chi connectivity index (χ0) is 11.0. The Balaban J connectivity index is 2.06. The van der Waals surface area contributed by atoms with Gasteiger partial charge in [-0.2, -0.15) is 0 Å². The summed E-state index contributed by atoms with van der Waals surface area (Å²) in [6.07, 6.45) is 1.28. The number of hydrogen-bond donors (Lipinski definition) is 1. The average Bonchev–Trinajstić information content (AvgIpc) is 2.97. The van der Waals surface area contributed by atoms with Crippen molar-refractivity contribution < 1.29 is 0 Å². The molecule has 82 valence electrons. The molecule has 0 bridgehead atoms. The zero-order valence-electron chi connectivity index (χ0n) is 9.90. The van der Waals surface area contributed by atoms with Crippen molar-refractivity contribution in [2.75, 3.05) is 0 Å². The lowest BCUT2D eigenvalue weighted by Crippen LogP contribution is -2.17. The van der Waals surface area contributed by atoms with Crippen LogP contribution in [0.1, 0.15) is 50.2 Å². The van der Waals surface area contributed by atoms with Crippen LogP contribution in [0.15, 0.2) is 24.3 Å². The van der Waals surface area contributed by atoms with E-state index >= 15 is 0 Å². The van der Waals surface area contributed by atoms with Crippen molar-refractivity contribution in [2.45, 2.75) is 45.1 Å². The molecule has 1 heteroatoms. The lowest BCUT2D eigenvalue weighted by Gasteiger charge is -2.07. The molecule has 0 heterocycles. The summed E-state index contributed by atoms with van der Waals surface area (Å²) in [5.74, 6) is 2.07. The lowest BCUT2D eigenvalue weighted by molar-refractivity contribution is 0.631. The molecule has 3 atom stereocenters. The van der Waals surface area contributed by atoms with Crippen LogP contribution in [0.4, 0.5) is 0 Å². The maximum Gasteiger partial charge on any atom is 0.00448 e. The van der Waals surface area contributed by atoms with Crippen molar-refractivity contribution in [1.29, 1.82) is 0 Å². The van der Waals surface area contributed by atoms with E-state index in [1.165, 1.54) is 17.5 Å². The average molecular weight is 203 g/mol. The first-order valence-electron chi connectivity index (χ1n) is 5.95. The zero-order valence-corrected chi connectivity index (χ0v) is 9.90. The van der Waals surface area contributed by atoms with Crippen LogP contribution in [-0.4, -0.2) is 6.04 Å². The first-order valence-corrected chi connectivity index (χ1v) is 5.95. The SMILES string of the molecule is CC(C)c1ccc([C@H]2C[C@H]2[C@@H](C)N)cc1. The van der Waals surface area contributed by atoms with E-state index in [9.17, 15) is 0 Å². The van der Waals surface area contributed by atoms with Crippen molar-refractivity contribution >= 4 is 0 Å². The molecule has 0 aromatic heterocycles. The van der Waals surface area contributed by atoms with Crippen LogP contribution in [0, 0.1) is 5.92 Å². The van der Waals surface area contributed by atoms with E-state index in [2.05, 4.69) is 45.0 Å². The van der Waals surface area contributed by atoms with Gasteiger partial charge in [-0.3, -0.25) is 0 Å². The molecular weight excluding hydrogens is 182 g/mol. The molecule has 1 saturated carbocycles. The Morgan fingerprint density at radius 2 is 1.73 bits per heavy atom. The van der Waals surface area contributed by atoms with Crippen molar-refractivity contribution in [2.24, 2.45) is 11.7 Å². The molecule has 1 aromatic rings. The highest BCUT2D eigenvalue weighted by Gasteiger charge is 2.40. The summed E-state index contributed by atoms with van der Waals surface area (Å²) in [7, 11) is 0. The summed E-state index contributed by atoms with van der Waals surface area (Å²) in [5.41, 5.74) is 8.80. The Morgan fingerprint density at radius 1 is 1.13 bits per heavy atom. The molecule has 15 heavy (non-hydrogen) atoms. The molecule has 0 spiro atoms. The van der Waals surface area contributed by atoms with E-state index < -0.39 is 0 Å². The highest BCUT2D eigenvalue weighted by atomic mass is 14.7. The van der Waals surface area contributed by atoms with Gasteiger partial charge in [-0.1, -0.05) is 38.1 Å². The minimum atomic E-state index is 0.347. The molecule has 0 amide bonds. The van der Waals surface area contributed by atoms with Gasteiger partial charge in [-0.15, -0.1) is 0 Å². The topological polar surface area (TPSA) is 26.0 Å². The Kier molecular flexibility index (Phi) is 2.83. The molecule has 2 rings (SSSR count). The highest BCUT2D eigenvalue weighted by molar-refractivity contribution is 5.31. The van der Waals surface area contributed by atoms with Gasteiger partial charge >= 0.3 is 0 Å². The normalized spacial score (nSPS) is 26.7. The monoisotopic (exact) mass is 203 g/mol. The van der Waals surface area contributed by atoms with Gasteiger partial charge in [0.25, 0.3) is 0 Å². The van der Waals surface area contributed by atoms with Gasteiger partial charge in [0, 0.05) is 6.04 Å². The first kappa shape index (κ1) is 10.7. The minimum absolute atomic E-state index is 0.347. The molecule has 0 aliphatic heterocycles. The minimum Gasteiger partial charge on any atom is -0.328 e. The predicted molar refractivity (Wildman–Crippen MR) is 65.0 cm³/mol. The van der Waals surface area contributed by atoms with Gasteiger partial charge in [0.05, 0.1) is 0 Å². The quantitative estimate of drug-likeness (QED) is 0.801. The van der Waals surface area contributed by atoms with Crippen LogP contribution in [0.25, 0.3) is 0 Å². The third kappa shape index (κ3) is 2.23. The van der Waals surface area contributed by atoms with Gasteiger partial charge < -0.3 is 5.73 Å². The van der Waals surface area contributed by atoms with Crippen molar-refractivity contribution in [1.82, 2.24) is 0 Å². The third-order valence-electron chi connectivity index (χ3n) is 3.55. The Morgan fingerprint density at radius 3 is 2.13 bits per heavy atom. The van der Waals surface area contributed by atoms with Crippen molar-refractivity contribution in [3.05, 3.63) is 35.4 Å². The van der Waals surface area contributed by atoms with Crippen LogP contribution >= 0.6 is 0 Å². The highest BCUT2D eigenvalue weighted by Crippen LogP contribution is 2.48. The standard InChI is InChI=1S/C14H21N/c1-9(2)11-4-6-12(7-5-11)14-8-13(14)10(3)15/h4-7,9-10,13-14H,8,15H2,1-3H3/t10-,13+,14-/m1/s1. The van der Waals surface area contributed by atoms with E-state index in [1.807, 2.05) is 0 Å². The number of hydrogen-bond acceptors (Lipinski definition) is 1. The molecule has 0 saturated heterocycles. The summed E-state index contributed by atoms with van der Waals surface area (Å²) in [5, 5.41) is 0. The summed E-state index contributed by atoms with van der Waals surface area (Å²) in [6, 6.07) is 9.43. The largest absolute Gasteiger partial charge is 0.328 e. The van der Waals surface area contributed by atoms with E-state index in [1.54, 1.807) is 0 Å². The van der Waals surface area contributed by atoms with Crippen LogP contribution < -0.4 is 5.73 Å². The molecule has 1 aliphatic rings. The van der Waals surface area contributed by atoms with Gasteiger partial charge in [-0.25, -0.2) is 0 Å². The van der Waals surface area contributed by atoms with E-state index in [0.29, 0.717) is 12.0 Å². The fourth-order valence-electron chi connectivity index (χ4n) is 2.31. The molecule has 1 aromatic carbocycles. The lowest BCUT2D eigenvalue weighted by atomic mass is 9.99. The summed E-state index contributed by atoms with van der Waals surface area (Å²) in [6.45, 7) is 6.58. The van der Waals surface area contributed by atoms with E-state index in [0.717, 1.165) is 11.8 Å². The van der Waals surface area contributed by atoms with Crippen molar-refractivity contribution in [3.63, 3.8) is 0 Å². The second-order valence-electron chi connectivity index (χ2n) is 5.19. The van der Waals surface area contributed by atoms with Crippen LogP contribution in [0.2, 0.25) is 0 Å². The Bertz CT molecular complexity index is 324. The van der Waals surface area contributed by atoms with Crippen LogP contribution in [-0.2, 0) is 0 Å². The number of nitrogens with two attached hydrogens (primary N) is 1. The van der Waals surface area contributed by atoms with Crippen molar-refractivity contribution in [3.8, 4) is 0 Å². The fraction of sp³-hybridized carbons (Fsp3) is 0.571. The molecule has 0 radical (unpaired) electrons. The first-order chi connectivity index (χ1) is 7.09. The summed E-state index contributed by atoms with van der Waals surface area (Å²) >= 11 is 0. The van der Waals surface area contributed by atoms with Gasteiger partial charge in [0.1, 0.15) is 0 Å². The van der Waals surface area contributed by atoms with E-state index in [-0.39, 0.29) is 0 Å². The Hall–Kier alpha value is -0.820. The predicted octanol–water partition coefficient (Wildman–Crippen LogP) is 3.26. The molecule has 1 aliphatic carbocycles. The maximum atomic E-state index is 5.90. The van der Waals surface area contributed by atoms with Gasteiger partial charge in [0.2, 0.25) is 0 Å². The van der Waals surface area contributed by atoms with Crippen LogP contribution in [0.5, 0.6) is 0 Å². The van der Waals surface area contributed by atoms with Gasteiger partial charge in [-0.05, 0) is 42.2 Å². The fourth-order valence-corrected chi connectivity index (χ4v) is 2.31. The van der Waals surface area contributed by atoms with Crippen LogP contribution in [0.3, 0.4) is 0 Å². The Labute approximate surface area is 92.7 Å². The number of rotatable bonds is 3. The summed E-state index contributed by atoms with van der Waals surface area (Å²) < 4.78 is 0. The van der Waals surface area contributed by atoms with E-state index in [4.69, 9.17) is 5.73 Å². The summed E-state index contributed by atoms with van der Waals surface area (Å²) in [4.78, 5) is 0. The molecule has 1 fully saturated rings. The number of benzene rings is 1. The second kappa shape index (κ2) is 3.97. The molecule has 2 N–H and O–H groups in total. The maximum absolute atomic E-state index is 5.90. The second-order valence-corrected chi connectivity index (χ2v) is 5.19. The molecular formula is C14H21N. The third-order valence-corrected chi connectivity index (χ3v) is 3.55. The van der Waals surface area contributed by atoms with Gasteiger partial charge in [0.15, 0.2) is 0 Å². The molecule has 0 unspecified atom stereocenters.